The summed E-state index contributed by atoms with van der Waals surface area (Å²) in [6, 6.07) is 7.20. The smallest absolute Gasteiger partial charge is 0.302 e. The summed E-state index contributed by atoms with van der Waals surface area (Å²) in [6.07, 6.45) is 10.6. The first kappa shape index (κ1) is 25.0. The van der Waals surface area contributed by atoms with Crippen LogP contribution in [0.1, 0.15) is 82.0 Å². The molecule has 3 fully saturated rings. The Bertz CT molecular complexity index is 1080. The normalized spacial score (nSPS) is 35.1. The van der Waals surface area contributed by atoms with E-state index in [9.17, 15) is 14.4 Å². The maximum absolute atomic E-state index is 12.8. The standard InChI is InChI=1S/C30H39NO5/c1-19(32)36-24-9-11-29(2)21(16-24)7-8-25-26(29)10-12-30(18-22(33)17-27(25)30)13-14-31-28(34)20-5-4-6-23(15-20)35-3/h4-7,15,24-27H,8-14,16-18H2,1-3H3,(H,31,34)/t24-,25+,26-,27-,29-,30-/m0/s1. The first-order chi connectivity index (χ1) is 17.2. The Morgan fingerprint density at radius 2 is 1.97 bits per heavy atom. The summed E-state index contributed by atoms with van der Waals surface area (Å²) in [5, 5.41) is 3.11. The molecule has 0 unspecified atom stereocenters. The second-order valence-corrected chi connectivity index (χ2v) is 11.8. The minimum atomic E-state index is -0.191. The third kappa shape index (κ3) is 4.48. The molecule has 36 heavy (non-hydrogen) atoms. The first-order valence-electron chi connectivity index (χ1n) is 13.5. The van der Waals surface area contributed by atoms with Gasteiger partial charge in [-0.05, 0) is 85.3 Å². The average Bonchev–Trinajstić information content (AvgIpc) is 3.20. The number of carbonyl (C=O) groups excluding carboxylic acids is 3. The van der Waals surface area contributed by atoms with Crippen LogP contribution in [0.25, 0.3) is 0 Å². The van der Waals surface area contributed by atoms with Gasteiger partial charge in [-0.25, -0.2) is 0 Å². The van der Waals surface area contributed by atoms with Crippen molar-refractivity contribution < 1.29 is 23.9 Å². The van der Waals surface area contributed by atoms with Crippen LogP contribution < -0.4 is 10.1 Å². The Hall–Kier alpha value is -2.63. The van der Waals surface area contributed by atoms with Crippen molar-refractivity contribution in [3.63, 3.8) is 0 Å². The van der Waals surface area contributed by atoms with Crippen molar-refractivity contribution in [3.05, 3.63) is 41.5 Å². The minimum Gasteiger partial charge on any atom is -0.497 e. The number of carbonyl (C=O) groups is 3. The Morgan fingerprint density at radius 3 is 2.75 bits per heavy atom. The third-order valence-corrected chi connectivity index (χ3v) is 9.96. The Balaban J connectivity index is 1.28. The van der Waals surface area contributed by atoms with Gasteiger partial charge in [0.05, 0.1) is 7.11 Å². The highest BCUT2D eigenvalue weighted by Gasteiger charge is 2.58. The Kier molecular flexibility index (Phi) is 6.73. The summed E-state index contributed by atoms with van der Waals surface area (Å²) < 4.78 is 10.8. The molecule has 0 saturated heterocycles. The molecule has 4 aliphatic carbocycles. The van der Waals surface area contributed by atoms with E-state index in [0.29, 0.717) is 54.2 Å². The van der Waals surface area contributed by atoms with Crippen molar-refractivity contribution in [3.8, 4) is 5.75 Å². The topological polar surface area (TPSA) is 81.7 Å². The molecule has 4 aliphatic rings. The summed E-state index contributed by atoms with van der Waals surface area (Å²) >= 11 is 0. The van der Waals surface area contributed by atoms with Crippen molar-refractivity contribution in [1.82, 2.24) is 5.32 Å². The SMILES string of the molecule is COc1cccc(C(=O)NCC[C@]23CC[C@H]4[C@@H](CC=C5C[C@@H](OC(C)=O)CC[C@@]54C)[C@@H]2CC(=O)C3)c1. The molecule has 1 amide bonds. The lowest BCUT2D eigenvalue weighted by atomic mass is 9.47. The molecule has 6 atom stereocenters. The largest absolute Gasteiger partial charge is 0.497 e. The quantitative estimate of drug-likeness (QED) is 0.432. The molecule has 0 spiro atoms. The van der Waals surface area contributed by atoms with Gasteiger partial charge in [0.15, 0.2) is 0 Å². The van der Waals surface area contributed by atoms with Crippen LogP contribution in [0.2, 0.25) is 0 Å². The van der Waals surface area contributed by atoms with Crippen molar-refractivity contribution in [2.45, 2.75) is 77.7 Å². The van der Waals surface area contributed by atoms with Crippen LogP contribution in [0.5, 0.6) is 5.75 Å². The lowest BCUT2D eigenvalue weighted by Crippen LogP contribution is -2.50. The summed E-state index contributed by atoms with van der Waals surface area (Å²) in [4.78, 5) is 37.1. The molecule has 5 rings (SSSR count). The van der Waals surface area contributed by atoms with E-state index in [2.05, 4.69) is 18.3 Å². The Morgan fingerprint density at radius 1 is 1.14 bits per heavy atom. The fraction of sp³-hybridized carbons (Fsp3) is 0.633. The lowest BCUT2D eigenvalue weighted by Gasteiger charge is -2.57. The number of fused-ring (bicyclic) bond motifs is 5. The van der Waals surface area contributed by atoms with Crippen molar-refractivity contribution in [2.75, 3.05) is 13.7 Å². The second-order valence-electron chi connectivity index (χ2n) is 11.8. The van der Waals surface area contributed by atoms with E-state index in [1.165, 1.54) is 12.5 Å². The maximum atomic E-state index is 12.8. The monoisotopic (exact) mass is 493 g/mol. The van der Waals surface area contributed by atoms with E-state index in [0.717, 1.165) is 44.9 Å². The van der Waals surface area contributed by atoms with Gasteiger partial charge in [-0.2, -0.15) is 0 Å². The number of amides is 1. The predicted molar refractivity (Wildman–Crippen MR) is 137 cm³/mol. The fourth-order valence-corrected chi connectivity index (χ4v) is 8.24. The van der Waals surface area contributed by atoms with Gasteiger partial charge in [0.25, 0.3) is 5.91 Å². The summed E-state index contributed by atoms with van der Waals surface area (Å²) in [5.74, 6) is 2.24. The highest BCUT2D eigenvalue weighted by molar-refractivity contribution is 5.94. The van der Waals surface area contributed by atoms with Crippen LogP contribution in [-0.2, 0) is 14.3 Å². The number of allylic oxidation sites excluding steroid dienone is 1. The number of methoxy groups -OCH3 is 1. The zero-order chi connectivity index (χ0) is 25.5. The van der Waals surface area contributed by atoms with Crippen LogP contribution in [-0.4, -0.2) is 37.4 Å². The van der Waals surface area contributed by atoms with Crippen LogP contribution in [0.4, 0.5) is 0 Å². The van der Waals surface area contributed by atoms with Gasteiger partial charge < -0.3 is 14.8 Å². The fourth-order valence-electron chi connectivity index (χ4n) is 8.24. The molecule has 0 aliphatic heterocycles. The Labute approximate surface area is 214 Å². The van der Waals surface area contributed by atoms with E-state index in [4.69, 9.17) is 9.47 Å². The number of ether oxygens (including phenoxy) is 2. The molecule has 0 radical (unpaired) electrons. The highest BCUT2D eigenvalue weighted by Crippen LogP contribution is 2.65. The molecule has 3 saturated carbocycles. The molecule has 194 valence electrons. The zero-order valence-corrected chi connectivity index (χ0v) is 21.8. The summed E-state index contributed by atoms with van der Waals surface area (Å²) in [7, 11) is 1.60. The number of rotatable bonds is 6. The van der Waals surface area contributed by atoms with E-state index >= 15 is 0 Å². The number of ketones is 1. The minimum absolute atomic E-state index is 0.00214. The predicted octanol–water partition coefficient (Wildman–Crippen LogP) is 5.26. The number of hydrogen-bond acceptors (Lipinski definition) is 5. The van der Waals surface area contributed by atoms with Gasteiger partial charge in [-0.3, -0.25) is 14.4 Å². The van der Waals surface area contributed by atoms with Gasteiger partial charge in [0.1, 0.15) is 17.6 Å². The maximum Gasteiger partial charge on any atom is 0.302 e. The van der Waals surface area contributed by atoms with E-state index in [-0.39, 0.29) is 28.8 Å². The van der Waals surface area contributed by atoms with Crippen molar-refractivity contribution >= 4 is 17.7 Å². The number of nitrogens with one attached hydrogen (secondary N) is 1. The van der Waals surface area contributed by atoms with Gasteiger partial charge in [-0.15, -0.1) is 0 Å². The molecule has 6 nitrogen and oxygen atoms in total. The molecule has 0 aromatic heterocycles. The number of hydrogen-bond donors (Lipinski definition) is 1. The van der Waals surface area contributed by atoms with E-state index in [1.54, 1.807) is 19.2 Å². The van der Waals surface area contributed by atoms with Crippen molar-refractivity contribution in [2.24, 2.45) is 28.6 Å². The van der Waals surface area contributed by atoms with E-state index < -0.39 is 0 Å². The zero-order valence-electron chi connectivity index (χ0n) is 21.8. The molecular formula is C30H39NO5. The lowest BCUT2D eigenvalue weighted by molar-refractivity contribution is -0.148. The first-order valence-corrected chi connectivity index (χ1v) is 13.5. The molecule has 0 bridgehead atoms. The number of Topliss-reactive ketones (excluding diaryl/α,β-unsaturated/α-hetero) is 1. The summed E-state index contributed by atoms with van der Waals surface area (Å²) in [6.45, 7) is 4.49. The molecule has 0 heterocycles. The van der Waals surface area contributed by atoms with Gasteiger partial charge >= 0.3 is 5.97 Å². The number of esters is 1. The highest BCUT2D eigenvalue weighted by atomic mass is 16.5. The summed E-state index contributed by atoms with van der Waals surface area (Å²) in [5.41, 5.74) is 2.19. The third-order valence-electron chi connectivity index (χ3n) is 9.96. The van der Waals surface area contributed by atoms with Crippen LogP contribution in [0.3, 0.4) is 0 Å². The molecule has 1 aromatic rings. The second kappa shape index (κ2) is 9.68. The van der Waals surface area contributed by atoms with Gasteiger partial charge in [-0.1, -0.05) is 24.6 Å². The molecule has 1 N–H and O–H groups in total. The average molecular weight is 494 g/mol. The molecule has 6 heteroatoms. The van der Waals surface area contributed by atoms with Crippen molar-refractivity contribution in [1.29, 1.82) is 0 Å². The van der Waals surface area contributed by atoms with Crippen LogP contribution in [0, 0.1) is 28.6 Å². The van der Waals surface area contributed by atoms with Crippen LogP contribution in [0.15, 0.2) is 35.9 Å². The van der Waals surface area contributed by atoms with Gasteiger partial charge in [0, 0.05) is 38.3 Å². The van der Waals surface area contributed by atoms with E-state index in [1.807, 2.05) is 12.1 Å². The number of benzene rings is 1. The molecular weight excluding hydrogens is 454 g/mol. The molecule has 1 aromatic carbocycles. The van der Waals surface area contributed by atoms with Crippen LogP contribution >= 0.6 is 0 Å². The van der Waals surface area contributed by atoms with Gasteiger partial charge in [0.2, 0.25) is 0 Å².